The Morgan fingerprint density at radius 3 is 1.46 bits per heavy atom. The molecule has 4 aliphatic heterocycles. The Bertz CT molecular complexity index is 2170. The largest absolute Gasteiger partial charge is 0.494 e. The van der Waals surface area contributed by atoms with Gasteiger partial charge in [-0.1, -0.05) is 64.4 Å². The molecule has 0 aliphatic carbocycles. The summed E-state index contributed by atoms with van der Waals surface area (Å²) in [6.45, 7) is 1.68. The molecule has 4 aliphatic rings. The number of benzene rings is 1. The fourth-order valence-electron chi connectivity index (χ4n) is 9.64. The molecule has 1 aromatic rings. The number of carbonyl (C=O) groups is 4. The molecule has 4 fully saturated rings. The number of rotatable bonds is 28. The average molecular weight is 1140 g/mol. The highest BCUT2D eigenvalue weighted by atomic mass is 32.3. The van der Waals surface area contributed by atoms with E-state index in [2.05, 4.69) is 32.4 Å². The van der Waals surface area contributed by atoms with Gasteiger partial charge in [-0.05, 0) is 24.6 Å². The monoisotopic (exact) mass is 1140 g/mol. The lowest BCUT2D eigenvalue weighted by atomic mass is 9.93. The molecule has 29 nitrogen and oxygen atoms in total. The van der Waals surface area contributed by atoms with Crippen molar-refractivity contribution >= 4 is 34.0 Å². The molecule has 5 rings (SSSR count). The van der Waals surface area contributed by atoms with Crippen molar-refractivity contribution in [1.82, 2.24) is 21.3 Å². The minimum atomic E-state index is -5.16. The summed E-state index contributed by atoms with van der Waals surface area (Å²) in [5.74, 6) is -2.81. The smallest absolute Gasteiger partial charge is 0.397 e. The molecule has 8 unspecified atom stereocenters. The maximum Gasteiger partial charge on any atom is 0.397 e. The Hall–Kier alpha value is -3.87. The van der Waals surface area contributed by atoms with Crippen LogP contribution in [0.25, 0.3) is 0 Å². The molecule has 0 saturated carbocycles. The van der Waals surface area contributed by atoms with Crippen molar-refractivity contribution in [3.63, 3.8) is 0 Å². The molecule has 0 radical (unpaired) electrons. The highest BCUT2D eigenvalue weighted by molar-refractivity contribution is 7.80. The molecule has 446 valence electrons. The second-order valence-electron chi connectivity index (χ2n) is 19.6. The fraction of sp³-hybridized carbons (Fsp3) is 0.792. The van der Waals surface area contributed by atoms with Crippen LogP contribution in [0.4, 0.5) is 0 Å². The zero-order valence-corrected chi connectivity index (χ0v) is 44.6. The summed E-state index contributed by atoms with van der Waals surface area (Å²) in [7, 11) is -5.16. The van der Waals surface area contributed by atoms with Crippen molar-refractivity contribution in [2.24, 2.45) is 0 Å². The molecular weight excluding hydrogens is 1060 g/mol. The highest BCUT2D eigenvalue weighted by Gasteiger charge is 2.56. The van der Waals surface area contributed by atoms with Gasteiger partial charge in [0.2, 0.25) is 17.7 Å². The van der Waals surface area contributed by atoms with Crippen molar-refractivity contribution in [2.75, 3.05) is 33.0 Å². The van der Waals surface area contributed by atoms with Gasteiger partial charge < -0.3 is 105 Å². The van der Waals surface area contributed by atoms with Gasteiger partial charge in [-0.3, -0.25) is 23.7 Å². The zero-order chi connectivity index (χ0) is 57.4. The van der Waals surface area contributed by atoms with E-state index in [9.17, 15) is 78.1 Å². The molecule has 4 saturated heterocycles. The van der Waals surface area contributed by atoms with Gasteiger partial charge in [0.05, 0.1) is 33.0 Å². The standard InChI is InChI=1S/C48H78N4O25S/c1-5-6-7-8-9-10-11-12-13-17-69-27-16-14-15-26(18-27)44(64)52-33-37(60)36(59)28(19-53)72-46(33)75-41-29(20-54)73-47(34(39(41)62)50-24(3)57)76-42-30(21-55)74-48(35(40(42)63)51-25(4)58)77-43-31(22-70-78(66,67)68)71-45(65)32(38(43)61)49-23(2)56/h14-16,18,28-43,45-48,53-55,59-63,65H,5-13,17,19-22H2,1-4H3,(H,49,56)(H,50,57)(H,51,58)(H,52,64)(H,66,67,68)/t28?,29-,30?,31-,32?,33?,34?,35-,36+,37+,38?,39?,40+,41+,42?,43+,45+,46-,47-,48-/m0/s1. The molecule has 4 amide bonds. The summed E-state index contributed by atoms with van der Waals surface area (Å²) in [5, 5.41) is 109. The number of carbonyl (C=O) groups excluding carboxylic acids is 4. The molecule has 0 aromatic heterocycles. The van der Waals surface area contributed by atoms with E-state index in [1.165, 1.54) is 44.2 Å². The quantitative estimate of drug-likeness (QED) is 0.0280. The molecular formula is C48H78N4O25S. The van der Waals surface area contributed by atoms with Crippen molar-refractivity contribution in [3.05, 3.63) is 29.8 Å². The van der Waals surface area contributed by atoms with E-state index < -0.39 is 183 Å². The number of hydrogen-bond donors (Lipinski definition) is 14. The number of aliphatic hydroxyl groups excluding tert-OH is 9. The van der Waals surface area contributed by atoms with Crippen molar-refractivity contribution < 1.29 is 120 Å². The first-order chi connectivity index (χ1) is 37.0. The molecule has 78 heavy (non-hydrogen) atoms. The van der Waals surface area contributed by atoms with Gasteiger partial charge in [0.15, 0.2) is 25.2 Å². The second kappa shape index (κ2) is 30.8. The summed E-state index contributed by atoms with van der Waals surface area (Å²) in [6, 6.07) is -0.593. The number of hydrogen-bond acceptors (Lipinski definition) is 24. The number of amides is 4. The van der Waals surface area contributed by atoms with Gasteiger partial charge in [-0.2, -0.15) is 8.42 Å². The van der Waals surface area contributed by atoms with Gasteiger partial charge in [-0.25, -0.2) is 4.18 Å². The number of nitrogens with one attached hydrogen (secondary N) is 4. The lowest BCUT2D eigenvalue weighted by Gasteiger charge is -2.51. The fourth-order valence-corrected chi connectivity index (χ4v) is 9.95. The number of aliphatic hydroxyl groups is 9. The minimum Gasteiger partial charge on any atom is -0.494 e. The third kappa shape index (κ3) is 18.1. The van der Waals surface area contributed by atoms with Crippen LogP contribution in [0.3, 0.4) is 0 Å². The summed E-state index contributed by atoms with van der Waals surface area (Å²) in [4.78, 5) is 51.1. The normalized spacial score (nSPS) is 35.3. The van der Waals surface area contributed by atoms with Crippen LogP contribution < -0.4 is 26.0 Å². The van der Waals surface area contributed by atoms with E-state index in [1.54, 1.807) is 12.1 Å². The summed E-state index contributed by atoms with van der Waals surface area (Å²) >= 11 is 0. The van der Waals surface area contributed by atoms with Crippen LogP contribution in [0.15, 0.2) is 24.3 Å². The predicted octanol–water partition coefficient (Wildman–Crippen LogP) is -4.14. The van der Waals surface area contributed by atoms with Crippen LogP contribution >= 0.6 is 0 Å². The first kappa shape index (κ1) is 64.9. The van der Waals surface area contributed by atoms with Crippen molar-refractivity contribution in [1.29, 1.82) is 0 Å². The number of ether oxygens (including phenoxy) is 8. The van der Waals surface area contributed by atoms with Crippen LogP contribution in [0.5, 0.6) is 5.75 Å². The summed E-state index contributed by atoms with van der Waals surface area (Å²) < 4.78 is 84.0. The molecule has 20 atom stereocenters. The zero-order valence-electron chi connectivity index (χ0n) is 43.8. The van der Waals surface area contributed by atoms with E-state index in [1.807, 2.05) is 0 Å². The van der Waals surface area contributed by atoms with Crippen LogP contribution in [0.2, 0.25) is 0 Å². The molecule has 0 spiro atoms. The molecule has 4 heterocycles. The first-order valence-electron chi connectivity index (χ1n) is 26.0. The third-order valence-electron chi connectivity index (χ3n) is 13.6. The maximum atomic E-state index is 13.8. The number of unbranched alkanes of at least 4 members (excludes halogenated alkanes) is 8. The highest BCUT2D eigenvalue weighted by Crippen LogP contribution is 2.35. The van der Waals surface area contributed by atoms with E-state index in [-0.39, 0.29) is 5.56 Å². The van der Waals surface area contributed by atoms with E-state index in [0.717, 1.165) is 46.5 Å². The minimum absolute atomic E-state index is 0.0727. The van der Waals surface area contributed by atoms with E-state index >= 15 is 0 Å². The van der Waals surface area contributed by atoms with Gasteiger partial charge in [0, 0.05) is 26.3 Å². The molecule has 30 heteroatoms. The van der Waals surface area contributed by atoms with Crippen molar-refractivity contribution in [3.8, 4) is 5.75 Å². The van der Waals surface area contributed by atoms with Gasteiger partial charge in [-0.15, -0.1) is 0 Å². The Labute approximate surface area is 451 Å². The van der Waals surface area contributed by atoms with E-state index in [4.69, 9.17) is 37.9 Å². The Kier molecular flexibility index (Phi) is 25.7. The van der Waals surface area contributed by atoms with Crippen LogP contribution in [-0.2, 0) is 62.1 Å². The average Bonchev–Trinajstić information content (AvgIpc) is 3.47. The SMILES string of the molecule is CCCCCCCCCCCOc1cccc(C(=O)NC2[C@H](O[C@H]3C(O)C(NC(C)=O)[C@H](OC4C(CO)O[C@@H](O[C@H]5C(O)C(NC(C)=O)[C@H](O)O[C@H]5COS(=O)(=O)O)[C@@H](NC(C)=O)[C@H]4O)O[C@H]3CO)OC(CO)[C@@H](O)[C@@H]2O)c1. The van der Waals surface area contributed by atoms with Crippen LogP contribution in [0, 0.1) is 0 Å². The molecule has 14 N–H and O–H groups in total. The lowest BCUT2D eigenvalue weighted by Crippen LogP contribution is -2.71. The lowest BCUT2D eigenvalue weighted by molar-refractivity contribution is -0.361. The third-order valence-corrected chi connectivity index (χ3v) is 14.0. The van der Waals surface area contributed by atoms with Crippen molar-refractivity contribution in [2.45, 2.75) is 208 Å². The maximum absolute atomic E-state index is 13.8. The summed E-state index contributed by atoms with van der Waals surface area (Å²) in [5.41, 5.74) is 0.0727. The summed E-state index contributed by atoms with van der Waals surface area (Å²) in [6.07, 6.45) is -19.4. The molecule has 0 bridgehead atoms. The van der Waals surface area contributed by atoms with Gasteiger partial charge in [0.1, 0.15) is 103 Å². The topological polar surface area (TPSA) is 436 Å². The Balaban J connectivity index is 1.34. The second-order valence-corrected chi connectivity index (χ2v) is 20.7. The van der Waals surface area contributed by atoms with Crippen LogP contribution in [0.1, 0.15) is 95.8 Å². The van der Waals surface area contributed by atoms with Gasteiger partial charge in [0.25, 0.3) is 5.91 Å². The Morgan fingerprint density at radius 2 is 0.987 bits per heavy atom. The van der Waals surface area contributed by atoms with Crippen LogP contribution in [-0.4, -0.2) is 238 Å². The van der Waals surface area contributed by atoms with Gasteiger partial charge >= 0.3 is 10.4 Å². The predicted molar refractivity (Wildman–Crippen MR) is 264 cm³/mol. The molecule has 1 aromatic carbocycles. The Morgan fingerprint density at radius 1 is 0.551 bits per heavy atom. The first-order valence-corrected chi connectivity index (χ1v) is 27.3. The van der Waals surface area contributed by atoms with E-state index in [0.29, 0.717) is 12.4 Å².